The lowest BCUT2D eigenvalue weighted by Crippen LogP contribution is -2.37. The molecule has 0 atom stereocenters. The fourth-order valence-corrected chi connectivity index (χ4v) is 3.69. The molecule has 29 heavy (non-hydrogen) atoms. The Bertz CT molecular complexity index is 1080. The van der Waals surface area contributed by atoms with E-state index in [2.05, 4.69) is 20.0 Å². The fourth-order valence-electron chi connectivity index (χ4n) is 3.69. The molecule has 0 aliphatic carbocycles. The van der Waals surface area contributed by atoms with Crippen LogP contribution in [0.25, 0.3) is 11.3 Å². The minimum Gasteiger partial charge on any atom is -0.299 e. The number of rotatable bonds is 5. The molecule has 3 aromatic heterocycles. The molecule has 150 valence electrons. The van der Waals surface area contributed by atoms with Gasteiger partial charge in [0.05, 0.1) is 12.2 Å². The molecule has 0 bridgehead atoms. The van der Waals surface area contributed by atoms with Crippen molar-refractivity contribution < 1.29 is 0 Å². The van der Waals surface area contributed by atoms with E-state index in [0.717, 1.165) is 43.0 Å². The molecular formula is C21H24N6O2. The standard InChI is InChI=1S/C21H24N6O2/c1-25-19(23-11-6-20(25)28)15-26-12-7-16(8-13-26)14-27-21(29)3-2-18(24-27)17-4-9-22-10-5-17/h2-6,9-11,16H,7-8,12-15H2,1H3. The van der Waals surface area contributed by atoms with E-state index >= 15 is 0 Å². The molecule has 1 aliphatic rings. The maximum absolute atomic E-state index is 12.3. The van der Waals surface area contributed by atoms with Crippen LogP contribution in [-0.2, 0) is 20.1 Å². The van der Waals surface area contributed by atoms with Crippen molar-refractivity contribution >= 4 is 0 Å². The van der Waals surface area contributed by atoms with Gasteiger partial charge < -0.3 is 0 Å². The van der Waals surface area contributed by atoms with E-state index in [9.17, 15) is 9.59 Å². The molecule has 0 spiro atoms. The second-order valence-electron chi connectivity index (χ2n) is 7.45. The number of hydrogen-bond acceptors (Lipinski definition) is 6. The Morgan fingerprint density at radius 3 is 2.48 bits per heavy atom. The van der Waals surface area contributed by atoms with E-state index in [1.807, 2.05) is 12.1 Å². The Labute approximate surface area is 168 Å². The first-order valence-corrected chi connectivity index (χ1v) is 9.82. The van der Waals surface area contributed by atoms with E-state index in [1.54, 1.807) is 47.0 Å². The summed E-state index contributed by atoms with van der Waals surface area (Å²) in [5.41, 5.74) is 1.61. The van der Waals surface area contributed by atoms with Gasteiger partial charge in [0, 0.05) is 49.9 Å². The Morgan fingerprint density at radius 1 is 0.966 bits per heavy atom. The second-order valence-corrected chi connectivity index (χ2v) is 7.45. The lowest BCUT2D eigenvalue weighted by molar-refractivity contribution is 0.158. The third kappa shape index (κ3) is 4.48. The van der Waals surface area contributed by atoms with Crippen molar-refractivity contribution in [2.75, 3.05) is 13.1 Å². The molecule has 1 fully saturated rings. The van der Waals surface area contributed by atoms with E-state index < -0.39 is 0 Å². The van der Waals surface area contributed by atoms with Gasteiger partial charge in [-0.3, -0.25) is 24.0 Å². The molecule has 1 aliphatic heterocycles. The van der Waals surface area contributed by atoms with Gasteiger partial charge in [0.25, 0.3) is 11.1 Å². The average molecular weight is 392 g/mol. The Kier molecular flexibility index (Phi) is 5.62. The number of nitrogens with zero attached hydrogens (tertiary/aromatic N) is 6. The Balaban J connectivity index is 1.39. The summed E-state index contributed by atoms with van der Waals surface area (Å²) in [4.78, 5) is 34.7. The summed E-state index contributed by atoms with van der Waals surface area (Å²) in [6, 6.07) is 8.59. The molecule has 0 aromatic carbocycles. The molecule has 0 radical (unpaired) electrons. The summed E-state index contributed by atoms with van der Waals surface area (Å²) in [5.74, 6) is 1.18. The Morgan fingerprint density at radius 2 is 1.72 bits per heavy atom. The predicted molar refractivity (Wildman–Crippen MR) is 109 cm³/mol. The first kappa shape index (κ1) is 19.2. The summed E-state index contributed by atoms with van der Waals surface area (Å²) in [7, 11) is 1.76. The highest BCUT2D eigenvalue weighted by molar-refractivity contribution is 5.56. The van der Waals surface area contributed by atoms with E-state index in [4.69, 9.17) is 0 Å². The fraction of sp³-hybridized carbons (Fsp3) is 0.381. The molecular weight excluding hydrogens is 368 g/mol. The third-order valence-electron chi connectivity index (χ3n) is 5.50. The van der Waals surface area contributed by atoms with Crippen LogP contribution in [0.5, 0.6) is 0 Å². The molecule has 0 amide bonds. The number of pyridine rings is 1. The zero-order valence-electron chi connectivity index (χ0n) is 16.4. The number of likely N-dealkylation sites (tertiary alicyclic amines) is 1. The van der Waals surface area contributed by atoms with Crippen molar-refractivity contribution in [1.82, 2.24) is 29.2 Å². The molecule has 0 N–H and O–H groups in total. The van der Waals surface area contributed by atoms with Gasteiger partial charge in [0.15, 0.2) is 0 Å². The first-order valence-electron chi connectivity index (χ1n) is 9.82. The number of aromatic nitrogens is 5. The minimum absolute atomic E-state index is 0.0376. The maximum Gasteiger partial charge on any atom is 0.266 e. The SMILES string of the molecule is Cn1c(CN2CCC(Cn3nc(-c4ccncc4)ccc3=O)CC2)nccc1=O. The van der Waals surface area contributed by atoms with Gasteiger partial charge >= 0.3 is 0 Å². The van der Waals surface area contributed by atoms with Crippen molar-refractivity contribution in [1.29, 1.82) is 0 Å². The number of piperidine rings is 1. The van der Waals surface area contributed by atoms with Crippen molar-refractivity contribution in [3.05, 3.63) is 75.5 Å². The smallest absolute Gasteiger partial charge is 0.266 e. The van der Waals surface area contributed by atoms with Crippen LogP contribution in [0.3, 0.4) is 0 Å². The van der Waals surface area contributed by atoms with Crippen LogP contribution < -0.4 is 11.1 Å². The topological polar surface area (TPSA) is 85.9 Å². The molecule has 8 nitrogen and oxygen atoms in total. The van der Waals surface area contributed by atoms with E-state index in [0.29, 0.717) is 19.0 Å². The van der Waals surface area contributed by atoms with E-state index in [-0.39, 0.29) is 11.1 Å². The lowest BCUT2D eigenvalue weighted by atomic mass is 9.97. The zero-order valence-corrected chi connectivity index (χ0v) is 16.4. The monoisotopic (exact) mass is 392 g/mol. The van der Waals surface area contributed by atoms with Crippen molar-refractivity contribution in [3.63, 3.8) is 0 Å². The highest BCUT2D eigenvalue weighted by Crippen LogP contribution is 2.20. The van der Waals surface area contributed by atoms with Crippen molar-refractivity contribution in [3.8, 4) is 11.3 Å². The van der Waals surface area contributed by atoms with Crippen LogP contribution in [0, 0.1) is 5.92 Å². The summed E-state index contributed by atoms with van der Waals surface area (Å²) in [5, 5.41) is 4.56. The van der Waals surface area contributed by atoms with Gasteiger partial charge in [-0.25, -0.2) is 9.67 Å². The van der Waals surface area contributed by atoms with Crippen molar-refractivity contribution in [2.24, 2.45) is 13.0 Å². The zero-order chi connectivity index (χ0) is 20.2. The van der Waals surface area contributed by atoms with Crippen LogP contribution >= 0.6 is 0 Å². The molecule has 0 saturated carbocycles. The van der Waals surface area contributed by atoms with Crippen LogP contribution in [-0.4, -0.2) is 42.3 Å². The van der Waals surface area contributed by atoms with Gasteiger partial charge in [-0.1, -0.05) is 0 Å². The second kappa shape index (κ2) is 8.48. The van der Waals surface area contributed by atoms with Gasteiger partial charge in [-0.2, -0.15) is 5.10 Å². The first-order chi connectivity index (χ1) is 14.1. The predicted octanol–water partition coefficient (Wildman–Crippen LogP) is 1.31. The van der Waals surface area contributed by atoms with Crippen LogP contribution in [0.2, 0.25) is 0 Å². The molecule has 8 heteroatoms. The summed E-state index contributed by atoms with van der Waals surface area (Å²) >= 11 is 0. The van der Waals surface area contributed by atoms with Gasteiger partial charge in [-0.05, 0) is 50.0 Å². The lowest BCUT2D eigenvalue weighted by Gasteiger charge is -2.31. The normalized spacial score (nSPS) is 15.5. The highest BCUT2D eigenvalue weighted by Gasteiger charge is 2.21. The van der Waals surface area contributed by atoms with E-state index in [1.165, 1.54) is 6.07 Å². The largest absolute Gasteiger partial charge is 0.299 e. The third-order valence-corrected chi connectivity index (χ3v) is 5.50. The van der Waals surface area contributed by atoms with Gasteiger partial charge in [0.2, 0.25) is 0 Å². The van der Waals surface area contributed by atoms with Gasteiger partial charge in [-0.15, -0.1) is 0 Å². The van der Waals surface area contributed by atoms with Crippen LogP contribution in [0.4, 0.5) is 0 Å². The summed E-state index contributed by atoms with van der Waals surface area (Å²) < 4.78 is 3.18. The summed E-state index contributed by atoms with van der Waals surface area (Å²) in [6.07, 6.45) is 6.97. The Hall–Kier alpha value is -3.13. The molecule has 4 rings (SSSR count). The molecule has 0 unspecified atom stereocenters. The number of hydrogen-bond donors (Lipinski definition) is 0. The van der Waals surface area contributed by atoms with Crippen LogP contribution in [0.15, 0.2) is 58.5 Å². The molecule has 3 aromatic rings. The maximum atomic E-state index is 12.3. The minimum atomic E-state index is -0.0753. The van der Waals surface area contributed by atoms with Crippen LogP contribution in [0.1, 0.15) is 18.7 Å². The average Bonchev–Trinajstić information content (AvgIpc) is 2.75. The quantitative estimate of drug-likeness (QED) is 0.651. The molecule has 4 heterocycles. The van der Waals surface area contributed by atoms with Gasteiger partial charge in [0.1, 0.15) is 5.82 Å². The highest BCUT2D eigenvalue weighted by atomic mass is 16.1. The summed E-state index contributed by atoms with van der Waals surface area (Å²) in [6.45, 7) is 3.10. The van der Waals surface area contributed by atoms with Crippen molar-refractivity contribution in [2.45, 2.75) is 25.9 Å². The molecule has 1 saturated heterocycles.